The second-order valence-electron chi connectivity index (χ2n) is 5.55. The molecule has 0 bridgehead atoms. The minimum atomic E-state index is -0.223. The molecular formula is C15H16N2O2. The van der Waals surface area contributed by atoms with Crippen molar-refractivity contribution in [1.82, 2.24) is 10.2 Å². The second kappa shape index (κ2) is 4.23. The number of H-pyrrole nitrogens is 1. The highest BCUT2D eigenvalue weighted by atomic mass is 16.5. The minimum Gasteiger partial charge on any atom is -0.435 e. The van der Waals surface area contributed by atoms with Crippen LogP contribution in [0.15, 0.2) is 35.3 Å². The number of aromatic nitrogens is 2. The Hall–Kier alpha value is -2.10. The third-order valence-electron chi connectivity index (χ3n) is 3.73. The maximum absolute atomic E-state index is 11.6. The lowest BCUT2D eigenvalue weighted by Gasteiger charge is -2.18. The third-order valence-corrected chi connectivity index (χ3v) is 3.73. The summed E-state index contributed by atoms with van der Waals surface area (Å²) in [5.74, 6) is 0.750. The lowest BCUT2D eigenvalue weighted by Crippen LogP contribution is -2.11. The van der Waals surface area contributed by atoms with E-state index in [1.54, 1.807) is 0 Å². The predicted octanol–water partition coefficient (Wildman–Crippen LogP) is 2.79. The van der Waals surface area contributed by atoms with E-state index in [4.69, 9.17) is 4.74 Å². The van der Waals surface area contributed by atoms with Crippen LogP contribution in [0.25, 0.3) is 0 Å². The van der Waals surface area contributed by atoms with Gasteiger partial charge in [0.15, 0.2) is 0 Å². The molecule has 0 saturated carbocycles. The van der Waals surface area contributed by atoms with Gasteiger partial charge in [-0.25, -0.2) is 0 Å². The van der Waals surface area contributed by atoms with Gasteiger partial charge in [0.1, 0.15) is 5.75 Å². The number of ether oxygens (including phenoxy) is 1. The van der Waals surface area contributed by atoms with Crippen LogP contribution in [0.5, 0.6) is 11.6 Å². The largest absolute Gasteiger partial charge is 0.435 e. The maximum Gasteiger partial charge on any atom is 0.285 e. The molecule has 0 aliphatic heterocycles. The van der Waals surface area contributed by atoms with E-state index in [-0.39, 0.29) is 16.7 Å². The summed E-state index contributed by atoms with van der Waals surface area (Å²) in [7, 11) is 0. The predicted molar refractivity (Wildman–Crippen MR) is 72.7 cm³/mol. The van der Waals surface area contributed by atoms with E-state index in [2.05, 4.69) is 30.1 Å². The Bertz CT molecular complexity index is 674. The van der Waals surface area contributed by atoms with E-state index in [1.165, 1.54) is 23.4 Å². The van der Waals surface area contributed by atoms with Crippen LogP contribution in [0.4, 0.5) is 0 Å². The van der Waals surface area contributed by atoms with Gasteiger partial charge in [0.05, 0.1) is 0 Å². The summed E-state index contributed by atoms with van der Waals surface area (Å²) in [6.07, 6.45) is 3.69. The average Bonchev–Trinajstić information content (AvgIpc) is 2.68. The molecule has 0 atom stereocenters. The van der Waals surface area contributed by atoms with Crippen molar-refractivity contribution in [2.45, 2.75) is 32.1 Å². The maximum atomic E-state index is 11.6. The van der Waals surface area contributed by atoms with Gasteiger partial charge in [-0.3, -0.25) is 9.89 Å². The van der Waals surface area contributed by atoms with Gasteiger partial charge < -0.3 is 4.74 Å². The van der Waals surface area contributed by atoms with Crippen molar-refractivity contribution in [1.29, 1.82) is 0 Å². The first-order valence-corrected chi connectivity index (χ1v) is 6.42. The summed E-state index contributed by atoms with van der Waals surface area (Å²) in [6.45, 7) is 4.51. The highest BCUT2D eigenvalue weighted by molar-refractivity contribution is 5.44. The summed E-state index contributed by atoms with van der Waals surface area (Å²) in [5, 5.41) is 6.45. The molecule has 0 amide bonds. The van der Waals surface area contributed by atoms with Crippen LogP contribution in [-0.2, 0) is 11.8 Å². The first-order chi connectivity index (χ1) is 9.06. The monoisotopic (exact) mass is 256 g/mol. The molecule has 1 heterocycles. The average molecular weight is 256 g/mol. The molecule has 0 fully saturated rings. The Morgan fingerprint density at radius 2 is 2.16 bits per heavy atom. The number of aromatic amines is 1. The highest BCUT2D eigenvalue weighted by Gasteiger charge is 2.29. The lowest BCUT2D eigenvalue weighted by atomic mass is 9.87. The molecule has 4 nitrogen and oxygen atoms in total. The number of fused-ring (bicyclic) bond motifs is 1. The zero-order valence-electron chi connectivity index (χ0n) is 11.1. The molecule has 3 rings (SSSR count). The number of nitrogens with one attached hydrogen (secondary N) is 1. The molecule has 1 aliphatic carbocycles. The molecule has 19 heavy (non-hydrogen) atoms. The molecule has 0 unspecified atom stereocenters. The van der Waals surface area contributed by atoms with Gasteiger partial charge in [0.25, 0.3) is 5.88 Å². The van der Waals surface area contributed by atoms with Gasteiger partial charge in [0, 0.05) is 12.3 Å². The lowest BCUT2D eigenvalue weighted by molar-refractivity contribution is 0.449. The number of nitrogens with zero attached hydrogens (tertiary/aromatic N) is 1. The SMILES string of the molecule is CC1(C)CCc2cc(Oc3n[nH]ccc3=O)ccc21. The van der Waals surface area contributed by atoms with E-state index >= 15 is 0 Å². The van der Waals surface area contributed by atoms with E-state index in [0.717, 1.165) is 12.8 Å². The molecule has 1 aromatic carbocycles. The fourth-order valence-corrected chi connectivity index (χ4v) is 2.60. The molecule has 1 aliphatic rings. The van der Waals surface area contributed by atoms with Crippen molar-refractivity contribution < 1.29 is 4.74 Å². The third kappa shape index (κ3) is 2.14. The van der Waals surface area contributed by atoms with Gasteiger partial charge in [-0.15, -0.1) is 5.10 Å². The van der Waals surface area contributed by atoms with E-state index in [9.17, 15) is 4.79 Å². The number of hydrogen-bond acceptors (Lipinski definition) is 3. The molecule has 0 saturated heterocycles. The summed E-state index contributed by atoms with van der Waals surface area (Å²) in [6, 6.07) is 7.41. The number of aryl methyl sites for hydroxylation is 1. The fourth-order valence-electron chi connectivity index (χ4n) is 2.60. The Morgan fingerprint density at radius 1 is 1.32 bits per heavy atom. The fraction of sp³-hybridized carbons (Fsp3) is 0.333. The molecule has 98 valence electrons. The van der Waals surface area contributed by atoms with Crippen LogP contribution in [-0.4, -0.2) is 10.2 Å². The standard InChI is InChI=1S/C15H16N2O2/c1-15(2)7-5-10-9-11(3-4-12(10)15)19-14-13(18)6-8-16-17-14/h3-4,6,8-9H,5,7H2,1-2H3,(H,16,18). The van der Waals surface area contributed by atoms with Crippen LogP contribution in [0, 0.1) is 0 Å². The summed E-state index contributed by atoms with van der Waals surface area (Å²) in [5.41, 5.74) is 2.68. The van der Waals surface area contributed by atoms with Crippen LogP contribution in [0.3, 0.4) is 0 Å². The summed E-state index contributed by atoms with van der Waals surface area (Å²) < 4.78 is 5.55. The van der Waals surface area contributed by atoms with Gasteiger partial charge in [-0.05, 0) is 41.5 Å². The van der Waals surface area contributed by atoms with E-state index < -0.39 is 0 Å². The zero-order valence-corrected chi connectivity index (χ0v) is 11.1. The van der Waals surface area contributed by atoms with Crippen molar-refractivity contribution in [3.8, 4) is 11.6 Å². The Labute approximate surface area is 111 Å². The van der Waals surface area contributed by atoms with Crippen LogP contribution in [0.2, 0.25) is 0 Å². The summed E-state index contributed by atoms with van der Waals surface area (Å²) >= 11 is 0. The van der Waals surface area contributed by atoms with Crippen LogP contribution in [0.1, 0.15) is 31.4 Å². The quantitative estimate of drug-likeness (QED) is 0.898. The summed E-state index contributed by atoms with van der Waals surface area (Å²) in [4.78, 5) is 11.6. The van der Waals surface area contributed by atoms with Gasteiger partial charge in [0.2, 0.25) is 5.43 Å². The van der Waals surface area contributed by atoms with Crippen LogP contribution >= 0.6 is 0 Å². The molecule has 0 spiro atoms. The molecule has 0 radical (unpaired) electrons. The number of hydrogen-bond donors (Lipinski definition) is 1. The smallest absolute Gasteiger partial charge is 0.285 e. The van der Waals surface area contributed by atoms with Crippen molar-refractivity contribution in [2.75, 3.05) is 0 Å². The molecule has 1 aromatic heterocycles. The molecular weight excluding hydrogens is 240 g/mol. The Kier molecular flexibility index (Phi) is 2.66. The molecule has 4 heteroatoms. The Balaban J connectivity index is 1.93. The van der Waals surface area contributed by atoms with Crippen molar-refractivity contribution in [2.24, 2.45) is 0 Å². The van der Waals surface area contributed by atoms with Crippen molar-refractivity contribution in [3.05, 3.63) is 51.8 Å². The van der Waals surface area contributed by atoms with Crippen molar-refractivity contribution in [3.63, 3.8) is 0 Å². The number of benzene rings is 1. The first kappa shape index (κ1) is 12.0. The minimum absolute atomic E-state index is 0.0831. The molecule has 2 aromatic rings. The van der Waals surface area contributed by atoms with E-state index in [0.29, 0.717) is 5.75 Å². The van der Waals surface area contributed by atoms with Crippen molar-refractivity contribution >= 4 is 0 Å². The topological polar surface area (TPSA) is 55.0 Å². The first-order valence-electron chi connectivity index (χ1n) is 6.42. The number of rotatable bonds is 2. The van der Waals surface area contributed by atoms with E-state index in [1.807, 2.05) is 12.1 Å². The van der Waals surface area contributed by atoms with Gasteiger partial charge in [-0.1, -0.05) is 19.9 Å². The van der Waals surface area contributed by atoms with Crippen LogP contribution < -0.4 is 10.2 Å². The Morgan fingerprint density at radius 3 is 2.95 bits per heavy atom. The normalized spacial score (nSPS) is 16.1. The highest BCUT2D eigenvalue weighted by Crippen LogP contribution is 2.39. The second-order valence-corrected chi connectivity index (χ2v) is 5.55. The molecule has 1 N–H and O–H groups in total. The van der Waals surface area contributed by atoms with Gasteiger partial charge >= 0.3 is 0 Å². The zero-order chi connectivity index (χ0) is 13.5. The van der Waals surface area contributed by atoms with Gasteiger partial charge in [-0.2, -0.15) is 0 Å².